The Kier molecular flexibility index (Phi) is 4.37. The van der Waals surface area contributed by atoms with Gasteiger partial charge in [0.2, 0.25) is 5.91 Å². The number of aryl methyl sites for hydroxylation is 1. The van der Waals surface area contributed by atoms with Gasteiger partial charge in [-0.3, -0.25) is 4.79 Å². The molecule has 110 valence electrons. The molecular formula is C15H15N2O3S-. The first-order valence-corrected chi connectivity index (χ1v) is 7.32. The van der Waals surface area contributed by atoms with Crippen LogP contribution >= 0.6 is 11.3 Å². The fraction of sp³-hybridized carbons (Fsp3) is 0.267. The number of carbonyl (C=O) groups is 2. The lowest BCUT2D eigenvalue weighted by Gasteiger charge is -2.13. The minimum atomic E-state index is -1.33. The lowest BCUT2D eigenvalue weighted by molar-refractivity contribution is -0.255. The third-order valence-electron chi connectivity index (χ3n) is 3.36. The van der Waals surface area contributed by atoms with Gasteiger partial charge in [-0.2, -0.15) is 0 Å². The van der Waals surface area contributed by atoms with Crippen LogP contribution in [0.1, 0.15) is 39.5 Å². The number of anilines is 1. The Balaban J connectivity index is 2.15. The second-order valence-electron chi connectivity index (χ2n) is 4.82. The van der Waals surface area contributed by atoms with E-state index in [1.807, 2.05) is 32.0 Å². The number of aromatic nitrogens is 1. The second kappa shape index (κ2) is 6.05. The van der Waals surface area contributed by atoms with Crippen molar-refractivity contribution < 1.29 is 14.7 Å². The van der Waals surface area contributed by atoms with Crippen LogP contribution < -0.4 is 10.4 Å². The highest BCUT2D eigenvalue weighted by molar-refractivity contribution is 7.10. The highest BCUT2D eigenvalue weighted by Gasteiger charge is 2.19. The summed E-state index contributed by atoms with van der Waals surface area (Å²) >= 11 is 1.14. The van der Waals surface area contributed by atoms with Gasteiger partial charge in [-0.15, -0.1) is 11.3 Å². The number of hydrogen-bond acceptors (Lipinski definition) is 5. The fourth-order valence-electron chi connectivity index (χ4n) is 1.82. The summed E-state index contributed by atoms with van der Waals surface area (Å²) in [7, 11) is 0. The highest BCUT2D eigenvalue weighted by Crippen LogP contribution is 2.23. The average Bonchev–Trinajstić information content (AvgIpc) is 2.93. The molecule has 1 amide bonds. The van der Waals surface area contributed by atoms with Gasteiger partial charge in [0.15, 0.2) is 0 Å². The zero-order valence-electron chi connectivity index (χ0n) is 12.0. The number of nitrogens with zero attached hydrogens (tertiary/aromatic N) is 1. The van der Waals surface area contributed by atoms with Gasteiger partial charge in [0.05, 0.1) is 17.6 Å². The SMILES string of the molecule is Cc1cccc(NC(=O)[C@@H](C)c2nc(C(=O)[O-])cs2)c1C. The number of aromatic carboxylic acids is 1. The minimum Gasteiger partial charge on any atom is -0.543 e. The Morgan fingerprint density at radius 3 is 2.67 bits per heavy atom. The van der Waals surface area contributed by atoms with Crippen molar-refractivity contribution in [3.05, 3.63) is 45.4 Å². The van der Waals surface area contributed by atoms with Gasteiger partial charge in [-0.05, 0) is 38.0 Å². The molecule has 0 aliphatic rings. The van der Waals surface area contributed by atoms with Gasteiger partial charge in [-0.25, -0.2) is 4.98 Å². The van der Waals surface area contributed by atoms with E-state index in [0.29, 0.717) is 5.01 Å². The van der Waals surface area contributed by atoms with Crippen LogP contribution in [0.25, 0.3) is 0 Å². The molecule has 2 rings (SSSR count). The Labute approximate surface area is 126 Å². The van der Waals surface area contributed by atoms with Crippen molar-refractivity contribution in [3.63, 3.8) is 0 Å². The topological polar surface area (TPSA) is 82.1 Å². The van der Waals surface area contributed by atoms with Crippen molar-refractivity contribution in [1.29, 1.82) is 0 Å². The number of benzene rings is 1. The summed E-state index contributed by atoms with van der Waals surface area (Å²) in [5.41, 5.74) is 2.71. The molecule has 0 radical (unpaired) electrons. The standard InChI is InChI=1S/C15H16N2O3S/c1-8-5-4-6-11(9(8)2)16-13(18)10(3)14-17-12(7-21-14)15(19)20/h4-7,10H,1-3H3,(H,16,18)(H,19,20)/p-1/t10-/m1/s1. The molecule has 21 heavy (non-hydrogen) atoms. The highest BCUT2D eigenvalue weighted by atomic mass is 32.1. The third kappa shape index (κ3) is 3.28. The van der Waals surface area contributed by atoms with Gasteiger partial charge in [-0.1, -0.05) is 12.1 Å². The van der Waals surface area contributed by atoms with Crippen LogP contribution in [0.5, 0.6) is 0 Å². The molecule has 0 unspecified atom stereocenters. The van der Waals surface area contributed by atoms with Gasteiger partial charge >= 0.3 is 0 Å². The molecule has 0 aliphatic carbocycles. The average molecular weight is 303 g/mol. The van der Waals surface area contributed by atoms with E-state index in [1.165, 1.54) is 5.38 Å². The first-order chi connectivity index (χ1) is 9.90. The van der Waals surface area contributed by atoms with Crippen LogP contribution in [-0.2, 0) is 4.79 Å². The largest absolute Gasteiger partial charge is 0.543 e. The van der Waals surface area contributed by atoms with Crippen LogP contribution in [0.3, 0.4) is 0 Å². The summed E-state index contributed by atoms with van der Waals surface area (Å²) < 4.78 is 0. The molecule has 0 fully saturated rings. The third-order valence-corrected chi connectivity index (χ3v) is 4.38. The van der Waals surface area contributed by atoms with E-state index in [2.05, 4.69) is 10.3 Å². The molecule has 2 aromatic rings. The number of thiazole rings is 1. The van der Waals surface area contributed by atoms with Crippen LogP contribution in [-0.4, -0.2) is 16.9 Å². The molecule has 0 spiro atoms. The van der Waals surface area contributed by atoms with Gasteiger partial charge in [0, 0.05) is 11.1 Å². The molecule has 6 heteroatoms. The molecule has 0 aliphatic heterocycles. The number of hydrogen-bond donors (Lipinski definition) is 1. The maximum absolute atomic E-state index is 12.2. The first kappa shape index (κ1) is 15.2. The summed E-state index contributed by atoms with van der Waals surface area (Å²) in [6.45, 7) is 5.60. The van der Waals surface area contributed by atoms with Crippen LogP contribution in [0.2, 0.25) is 0 Å². The number of carbonyl (C=O) groups excluding carboxylic acids is 2. The number of carboxylic acid groups (broad SMARTS) is 1. The molecule has 1 aromatic heterocycles. The summed E-state index contributed by atoms with van der Waals surface area (Å²) in [5.74, 6) is -2.08. The molecule has 1 heterocycles. The van der Waals surface area contributed by atoms with E-state index in [9.17, 15) is 14.7 Å². The maximum atomic E-state index is 12.2. The number of carboxylic acids is 1. The van der Waals surface area contributed by atoms with Gasteiger partial charge < -0.3 is 15.2 Å². The summed E-state index contributed by atoms with van der Waals surface area (Å²) in [5, 5.41) is 15.4. The lowest BCUT2D eigenvalue weighted by atomic mass is 10.1. The van der Waals surface area contributed by atoms with E-state index in [0.717, 1.165) is 28.2 Å². The molecular weight excluding hydrogens is 288 g/mol. The zero-order valence-corrected chi connectivity index (χ0v) is 12.8. The van der Waals surface area contributed by atoms with Crippen LogP contribution in [0, 0.1) is 13.8 Å². The second-order valence-corrected chi connectivity index (χ2v) is 5.71. The molecule has 0 saturated heterocycles. The quantitative estimate of drug-likeness (QED) is 0.934. The van der Waals surface area contributed by atoms with Gasteiger partial charge in [0.25, 0.3) is 0 Å². The summed E-state index contributed by atoms with van der Waals surface area (Å²) in [6, 6.07) is 5.68. The Morgan fingerprint density at radius 1 is 1.33 bits per heavy atom. The number of amides is 1. The lowest BCUT2D eigenvalue weighted by Crippen LogP contribution is -2.23. The Bertz CT molecular complexity index is 694. The Morgan fingerprint density at radius 2 is 2.05 bits per heavy atom. The molecule has 1 atom stereocenters. The molecule has 1 N–H and O–H groups in total. The summed E-state index contributed by atoms with van der Waals surface area (Å²) in [4.78, 5) is 26.9. The zero-order chi connectivity index (χ0) is 15.6. The smallest absolute Gasteiger partial charge is 0.234 e. The van der Waals surface area contributed by atoms with E-state index in [1.54, 1.807) is 6.92 Å². The predicted octanol–water partition coefficient (Wildman–Crippen LogP) is 1.87. The van der Waals surface area contributed by atoms with Gasteiger partial charge in [0.1, 0.15) is 5.01 Å². The van der Waals surface area contributed by atoms with Crippen molar-refractivity contribution >= 4 is 28.9 Å². The normalized spacial score (nSPS) is 12.0. The first-order valence-electron chi connectivity index (χ1n) is 6.44. The summed E-state index contributed by atoms with van der Waals surface area (Å²) in [6.07, 6.45) is 0. The van der Waals surface area contributed by atoms with Crippen LogP contribution in [0.4, 0.5) is 5.69 Å². The Hall–Kier alpha value is -2.21. The molecule has 1 aromatic carbocycles. The minimum absolute atomic E-state index is 0.138. The number of rotatable bonds is 4. The van der Waals surface area contributed by atoms with E-state index < -0.39 is 11.9 Å². The fourth-order valence-corrected chi connectivity index (χ4v) is 2.66. The van der Waals surface area contributed by atoms with E-state index in [-0.39, 0.29) is 11.6 Å². The van der Waals surface area contributed by atoms with Crippen molar-refractivity contribution in [1.82, 2.24) is 4.98 Å². The van der Waals surface area contributed by atoms with Crippen LogP contribution in [0.15, 0.2) is 23.6 Å². The molecule has 0 bridgehead atoms. The molecule has 0 saturated carbocycles. The van der Waals surface area contributed by atoms with Crippen molar-refractivity contribution in [3.8, 4) is 0 Å². The van der Waals surface area contributed by atoms with Crippen molar-refractivity contribution in [2.45, 2.75) is 26.7 Å². The number of nitrogens with one attached hydrogen (secondary N) is 1. The van der Waals surface area contributed by atoms with Crippen molar-refractivity contribution in [2.75, 3.05) is 5.32 Å². The molecule has 5 nitrogen and oxygen atoms in total. The predicted molar refractivity (Wildman–Crippen MR) is 79.4 cm³/mol. The van der Waals surface area contributed by atoms with Crippen molar-refractivity contribution in [2.24, 2.45) is 0 Å². The maximum Gasteiger partial charge on any atom is 0.234 e. The van der Waals surface area contributed by atoms with E-state index in [4.69, 9.17) is 0 Å². The monoisotopic (exact) mass is 303 g/mol. The van der Waals surface area contributed by atoms with E-state index >= 15 is 0 Å².